The van der Waals surface area contributed by atoms with Crippen molar-refractivity contribution in [2.45, 2.75) is 52.6 Å². The van der Waals surface area contributed by atoms with E-state index >= 15 is 0 Å². The molecule has 0 saturated heterocycles. The molecule has 1 aromatic carbocycles. The SMILES string of the molecule is Cc1cccc[n+]1CCCc1ccccc1CCC[n+]1ccccc1C. The van der Waals surface area contributed by atoms with E-state index in [2.05, 4.69) is 96.0 Å². The van der Waals surface area contributed by atoms with Crippen LogP contribution >= 0.6 is 0 Å². The number of pyridine rings is 2. The molecule has 2 nitrogen and oxygen atoms in total. The second kappa shape index (κ2) is 9.28. The Kier molecular flexibility index (Phi) is 6.54. The summed E-state index contributed by atoms with van der Waals surface area (Å²) in [5, 5.41) is 0. The van der Waals surface area contributed by atoms with Gasteiger partial charge in [0.2, 0.25) is 0 Å². The summed E-state index contributed by atoms with van der Waals surface area (Å²) in [5.74, 6) is 0. The molecular formula is C24H30N2+2. The predicted molar refractivity (Wildman–Crippen MR) is 106 cm³/mol. The summed E-state index contributed by atoms with van der Waals surface area (Å²) in [6, 6.07) is 21.8. The van der Waals surface area contributed by atoms with Crippen LogP contribution in [0.5, 0.6) is 0 Å². The highest BCUT2D eigenvalue weighted by Crippen LogP contribution is 2.13. The van der Waals surface area contributed by atoms with E-state index in [0.717, 1.165) is 25.9 Å². The monoisotopic (exact) mass is 346 g/mol. The van der Waals surface area contributed by atoms with Gasteiger partial charge in [-0.25, -0.2) is 9.13 Å². The molecule has 0 aliphatic heterocycles. The van der Waals surface area contributed by atoms with E-state index in [1.807, 2.05) is 0 Å². The van der Waals surface area contributed by atoms with E-state index in [-0.39, 0.29) is 0 Å². The molecule has 0 radical (unpaired) electrons. The quantitative estimate of drug-likeness (QED) is 0.542. The Morgan fingerprint density at radius 3 is 1.42 bits per heavy atom. The molecule has 0 unspecified atom stereocenters. The van der Waals surface area contributed by atoms with Crippen molar-refractivity contribution in [3.8, 4) is 0 Å². The lowest BCUT2D eigenvalue weighted by atomic mass is 9.99. The molecule has 0 spiro atoms. The number of hydrogen-bond donors (Lipinski definition) is 0. The summed E-state index contributed by atoms with van der Waals surface area (Å²) < 4.78 is 4.69. The van der Waals surface area contributed by atoms with Crippen LogP contribution in [-0.4, -0.2) is 0 Å². The van der Waals surface area contributed by atoms with Crippen LogP contribution in [0.25, 0.3) is 0 Å². The standard InChI is InChI=1S/C24H30N2/c1-21-11-5-7-17-25(21)19-9-15-23-13-3-4-14-24(23)16-10-20-26-18-8-6-12-22(26)2/h3-8,11-14,17-18H,9-10,15-16,19-20H2,1-2H3/q+2. The Morgan fingerprint density at radius 1 is 0.577 bits per heavy atom. The first kappa shape index (κ1) is 18.3. The predicted octanol–water partition coefficient (Wildman–Crippen LogP) is 4.14. The first-order valence-electron chi connectivity index (χ1n) is 9.71. The highest BCUT2D eigenvalue weighted by molar-refractivity contribution is 5.27. The lowest BCUT2D eigenvalue weighted by molar-refractivity contribution is -0.703. The molecule has 0 fully saturated rings. The molecule has 0 aliphatic carbocycles. The highest BCUT2D eigenvalue weighted by atomic mass is 14.9. The maximum absolute atomic E-state index is 2.34. The lowest BCUT2D eigenvalue weighted by Crippen LogP contribution is -2.36. The smallest absolute Gasteiger partial charge is 0.178 e. The normalized spacial score (nSPS) is 10.8. The van der Waals surface area contributed by atoms with Crippen molar-refractivity contribution in [2.24, 2.45) is 0 Å². The Morgan fingerprint density at radius 2 is 1.00 bits per heavy atom. The van der Waals surface area contributed by atoms with Gasteiger partial charge in [0, 0.05) is 51.0 Å². The third-order valence-electron chi connectivity index (χ3n) is 5.14. The van der Waals surface area contributed by atoms with Crippen LogP contribution in [0.2, 0.25) is 0 Å². The minimum atomic E-state index is 1.08. The van der Waals surface area contributed by atoms with Gasteiger partial charge < -0.3 is 0 Å². The molecule has 2 aromatic heterocycles. The maximum Gasteiger partial charge on any atom is 0.178 e. The van der Waals surface area contributed by atoms with E-state index < -0.39 is 0 Å². The fourth-order valence-corrected chi connectivity index (χ4v) is 3.55. The summed E-state index contributed by atoms with van der Waals surface area (Å²) in [7, 11) is 0. The van der Waals surface area contributed by atoms with Crippen molar-refractivity contribution in [3.05, 3.63) is 95.6 Å². The van der Waals surface area contributed by atoms with Gasteiger partial charge in [-0.3, -0.25) is 0 Å². The van der Waals surface area contributed by atoms with Gasteiger partial charge in [-0.1, -0.05) is 36.4 Å². The van der Waals surface area contributed by atoms with E-state index in [4.69, 9.17) is 0 Å². The maximum atomic E-state index is 2.34. The van der Waals surface area contributed by atoms with Gasteiger partial charge in [0.1, 0.15) is 13.1 Å². The minimum Gasteiger partial charge on any atom is -0.203 e. The van der Waals surface area contributed by atoms with Gasteiger partial charge in [-0.05, 0) is 24.0 Å². The van der Waals surface area contributed by atoms with Crippen LogP contribution in [0.15, 0.2) is 73.1 Å². The van der Waals surface area contributed by atoms with E-state index in [1.54, 1.807) is 0 Å². The molecule has 0 amide bonds. The van der Waals surface area contributed by atoms with Crippen LogP contribution in [0, 0.1) is 13.8 Å². The summed E-state index contributed by atoms with van der Waals surface area (Å²) in [4.78, 5) is 0. The fraction of sp³-hybridized carbons (Fsp3) is 0.333. The molecule has 0 saturated carbocycles. The molecule has 0 N–H and O–H groups in total. The van der Waals surface area contributed by atoms with Gasteiger partial charge >= 0.3 is 0 Å². The second-order valence-corrected chi connectivity index (χ2v) is 7.05. The zero-order chi connectivity index (χ0) is 18.2. The van der Waals surface area contributed by atoms with Gasteiger partial charge in [0.05, 0.1) is 0 Å². The van der Waals surface area contributed by atoms with Gasteiger partial charge in [-0.2, -0.15) is 0 Å². The van der Waals surface area contributed by atoms with Crippen LogP contribution in [0.1, 0.15) is 35.4 Å². The zero-order valence-corrected chi connectivity index (χ0v) is 16.1. The Labute approximate surface area is 157 Å². The van der Waals surface area contributed by atoms with Crippen LogP contribution in [0.4, 0.5) is 0 Å². The van der Waals surface area contributed by atoms with Gasteiger partial charge in [0.15, 0.2) is 23.8 Å². The first-order valence-corrected chi connectivity index (χ1v) is 9.71. The second-order valence-electron chi connectivity index (χ2n) is 7.05. The molecule has 2 heteroatoms. The van der Waals surface area contributed by atoms with Crippen LogP contribution < -0.4 is 9.13 Å². The number of nitrogens with zero attached hydrogens (tertiary/aromatic N) is 2. The van der Waals surface area contributed by atoms with Crippen molar-refractivity contribution in [3.63, 3.8) is 0 Å². The Bertz CT molecular complexity index is 768. The molecule has 134 valence electrons. The average Bonchev–Trinajstić information content (AvgIpc) is 2.66. The number of aryl methyl sites for hydroxylation is 6. The van der Waals surface area contributed by atoms with E-state index in [9.17, 15) is 0 Å². The summed E-state index contributed by atoms with van der Waals surface area (Å²) in [6.45, 7) is 6.52. The lowest BCUT2D eigenvalue weighted by Gasteiger charge is -2.09. The first-order chi connectivity index (χ1) is 12.7. The average molecular weight is 347 g/mol. The Balaban J connectivity index is 1.54. The Hall–Kier alpha value is -2.48. The molecule has 0 atom stereocenters. The van der Waals surface area contributed by atoms with Crippen molar-refractivity contribution < 1.29 is 9.13 Å². The zero-order valence-electron chi connectivity index (χ0n) is 16.1. The molecule has 3 rings (SSSR count). The third kappa shape index (κ3) is 5.01. The molecule has 2 heterocycles. The number of rotatable bonds is 8. The summed E-state index contributed by atoms with van der Waals surface area (Å²) in [5.41, 5.74) is 5.68. The minimum absolute atomic E-state index is 1.08. The highest BCUT2D eigenvalue weighted by Gasteiger charge is 2.08. The number of aromatic nitrogens is 2. The molecular weight excluding hydrogens is 316 g/mol. The topological polar surface area (TPSA) is 7.76 Å². The fourth-order valence-electron chi connectivity index (χ4n) is 3.55. The summed E-state index contributed by atoms with van der Waals surface area (Å²) >= 11 is 0. The van der Waals surface area contributed by atoms with Crippen molar-refractivity contribution in [1.29, 1.82) is 0 Å². The van der Waals surface area contributed by atoms with Crippen LogP contribution in [0.3, 0.4) is 0 Å². The van der Waals surface area contributed by atoms with Crippen LogP contribution in [-0.2, 0) is 25.9 Å². The van der Waals surface area contributed by atoms with E-state index in [1.165, 1.54) is 35.4 Å². The number of hydrogen-bond acceptors (Lipinski definition) is 0. The van der Waals surface area contributed by atoms with E-state index in [0.29, 0.717) is 0 Å². The van der Waals surface area contributed by atoms with Gasteiger partial charge in [0.25, 0.3) is 0 Å². The molecule has 0 bridgehead atoms. The molecule has 26 heavy (non-hydrogen) atoms. The molecule has 3 aromatic rings. The van der Waals surface area contributed by atoms with Crippen molar-refractivity contribution >= 4 is 0 Å². The van der Waals surface area contributed by atoms with Crippen molar-refractivity contribution in [2.75, 3.05) is 0 Å². The third-order valence-corrected chi connectivity index (χ3v) is 5.14. The largest absolute Gasteiger partial charge is 0.203 e. The van der Waals surface area contributed by atoms with Crippen molar-refractivity contribution in [1.82, 2.24) is 0 Å². The summed E-state index contributed by atoms with van der Waals surface area (Å²) in [6.07, 6.45) is 9.02. The molecule has 0 aliphatic rings. The van der Waals surface area contributed by atoms with Gasteiger partial charge in [-0.15, -0.1) is 0 Å². The number of benzene rings is 1.